The number of hydrogen-bond acceptors (Lipinski definition) is 2. The van der Waals surface area contributed by atoms with Crippen LogP contribution < -0.4 is 15.9 Å². The van der Waals surface area contributed by atoms with Crippen LogP contribution in [0.15, 0.2) is 24.3 Å². The van der Waals surface area contributed by atoms with Crippen molar-refractivity contribution >= 4 is 18.8 Å². The summed E-state index contributed by atoms with van der Waals surface area (Å²) >= 11 is 0. The van der Waals surface area contributed by atoms with Crippen LogP contribution in [0, 0.1) is 0 Å². The number of hydrogen-bond donors (Lipinski definition) is 1. The summed E-state index contributed by atoms with van der Waals surface area (Å²) in [5.74, 6) is 0. The van der Waals surface area contributed by atoms with E-state index in [1.54, 1.807) is 18.8 Å². The van der Waals surface area contributed by atoms with Gasteiger partial charge < -0.3 is 0 Å². The molecule has 1 aromatic carbocycles. The van der Waals surface area contributed by atoms with E-state index in [0.29, 0.717) is 0 Å². The zero-order valence-electron chi connectivity index (χ0n) is 6.32. The summed E-state index contributed by atoms with van der Waals surface area (Å²) in [5.41, 5.74) is 2.75. The van der Waals surface area contributed by atoms with Crippen molar-refractivity contribution in [2.75, 3.05) is 0 Å². The van der Waals surface area contributed by atoms with Crippen LogP contribution in [-0.4, -0.2) is 11.4 Å². The molecular formula is C9H7N2O. The highest BCUT2D eigenvalue weighted by atomic mass is 16.1. The summed E-state index contributed by atoms with van der Waals surface area (Å²) < 4.78 is 0. The van der Waals surface area contributed by atoms with Crippen LogP contribution in [0.3, 0.4) is 0 Å². The van der Waals surface area contributed by atoms with E-state index in [9.17, 15) is 4.79 Å². The molecule has 0 saturated carbocycles. The van der Waals surface area contributed by atoms with Gasteiger partial charge in [-0.25, -0.2) is 5.01 Å². The maximum atomic E-state index is 10.3. The number of amides is 1. The number of hydrazine groups is 1. The number of carbonyl (C=O) groups excluding carboxylic acids is 1. The van der Waals surface area contributed by atoms with Crippen LogP contribution in [0.5, 0.6) is 0 Å². The number of rotatable bonds is 1. The first kappa shape index (κ1) is 6.91. The predicted molar refractivity (Wildman–Crippen MR) is 45.3 cm³/mol. The monoisotopic (exact) mass is 159 g/mol. The second kappa shape index (κ2) is 2.70. The lowest BCUT2D eigenvalue weighted by molar-refractivity contribution is 0.452. The molecule has 1 aromatic rings. The highest BCUT2D eigenvalue weighted by Crippen LogP contribution is 1.81. The van der Waals surface area contributed by atoms with E-state index in [-0.39, 0.29) is 0 Å². The Hall–Kier alpha value is -1.77. The maximum absolute atomic E-state index is 10.3. The van der Waals surface area contributed by atoms with Gasteiger partial charge in [0.15, 0.2) is 0 Å². The van der Waals surface area contributed by atoms with Gasteiger partial charge in [0.1, 0.15) is 0 Å². The Labute approximate surface area is 69.6 Å². The van der Waals surface area contributed by atoms with Crippen LogP contribution in [0.1, 0.15) is 0 Å². The second-order valence-corrected chi connectivity index (χ2v) is 2.49. The molecule has 12 heavy (non-hydrogen) atoms. The molecule has 1 aliphatic heterocycles. The molecule has 0 atom stereocenters. The molecule has 1 radical (unpaired) electrons. The Morgan fingerprint density at radius 2 is 2.00 bits per heavy atom. The highest BCUT2D eigenvalue weighted by molar-refractivity contribution is 5.58. The van der Waals surface area contributed by atoms with Crippen molar-refractivity contribution < 1.29 is 4.79 Å². The van der Waals surface area contributed by atoms with Crippen LogP contribution in [0.2, 0.25) is 0 Å². The Bertz CT molecular complexity index is 411. The van der Waals surface area contributed by atoms with Crippen LogP contribution >= 0.6 is 0 Å². The largest absolute Gasteiger partial charge is 0.336 e. The predicted octanol–water partition coefficient (Wildman–Crippen LogP) is -0.950. The molecule has 0 fully saturated rings. The van der Waals surface area contributed by atoms with Crippen molar-refractivity contribution in [1.82, 2.24) is 10.4 Å². The maximum Gasteiger partial charge on any atom is 0.336 e. The number of benzene rings is 1. The third kappa shape index (κ3) is 1.05. The smallest absolute Gasteiger partial charge is 0.298 e. The summed E-state index contributed by atoms with van der Waals surface area (Å²) in [7, 11) is 0. The standard InChI is InChI=1S/C9H7N2O/c12-7-11-6-9-4-2-1-3-8(9)5-10-11/h1-6,10H. The summed E-state index contributed by atoms with van der Waals surface area (Å²) in [4.78, 5) is 10.3. The van der Waals surface area contributed by atoms with Gasteiger partial charge >= 0.3 is 6.41 Å². The lowest BCUT2D eigenvalue weighted by Gasteiger charge is -2.13. The molecule has 0 spiro atoms. The first-order valence-electron chi connectivity index (χ1n) is 3.60. The average molecular weight is 159 g/mol. The number of nitrogens with zero attached hydrogens (tertiary/aromatic N) is 1. The van der Waals surface area contributed by atoms with Gasteiger partial charge in [0.2, 0.25) is 0 Å². The SMILES string of the molecule is O=[C]N1C=c2ccccc2=CN1. The summed E-state index contributed by atoms with van der Waals surface area (Å²) in [6.45, 7) is 0. The van der Waals surface area contributed by atoms with Crippen molar-refractivity contribution in [3.8, 4) is 0 Å². The van der Waals surface area contributed by atoms with E-state index < -0.39 is 0 Å². The van der Waals surface area contributed by atoms with Crippen molar-refractivity contribution in [3.05, 3.63) is 34.7 Å². The van der Waals surface area contributed by atoms with Gasteiger partial charge in [-0.2, -0.15) is 0 Å². The van der Waals surface area contributed by atoms with Gasteiger partial charge in [0.05, 0.1) is 0 Å². The van der Waals surface area contributed by atoms with E-state index >= 15 is 0 Å². The molecule has 59 valence electrons. The number of fused-ring (bicyclic) bond motifs is 1. The van der Waals surface area contributed by atoms with E-state index in [1.165, 1.54) is 5.01 Å². The van der Waals surface area contributed by atoms with Gasteiger partial charge in [0, 0.05) is 22.8 Å². The fourth-order valence-electron chi connectivity index (χ4n) is 1.13. The molecule has 0 unspecified atom stereocenters. The van der Waals surface area contributed by atoms with Crippen molar-refractivity contribution in [3.63, 3.8) is 0 Å². The van der Waals surface area contributed by atoms with E-state index in [4.69, 9.17) is 0 Å². The Morgan fingerprint density at radius 1 is 1.25 bits per heavy atom. The molecule has 0 saturated heterocycles. The average Bonchev–Trinajstić information content (AvgIpc) is 2.17. The molecule has 0 aromatic heterocycles. The fraction of sp³-hybridized carbons (Fsp3) is 0. The van der Waals surface area contributed by atoms with Gasteiger partial charge in [-0.15, -0.1) is 0 Å². The van der Waals surface area contributed by atoms with Crippen molar-refractivity contribution in [2.24, 2.45) is 0 Å². The second-order valence-electron chi connectivity index (χ2n) is 2.49. The first-order chi connectivity index (χ1) is 5.90. The molecule has 1 amide bonds. The molecule has 3 heteroatoms. The lowest BCUT2D eigenvalue weighted by Crippen LogP contribution is -2.40. The molecule has 0 aliphatic carbocycles. The quantitative estimate of drug-likeness (QED) is 0.573. The Morgan fingerprint density at radius 3 is 2.75 bits per heavy atom. The van der Waals surface area contributed by atoms with Crippen molar-refractivity contribution in [1.29, 1.82) is 0 Å². The minimum absolute atomic E-state index is 1.01. The molecule has 1 heterocycles. The summed E-state index contributed by atoms with van der Waals surface area (Å²) in [6, 6.07) is 7.79. The summed E-state index contributed by atoms with van der Waals surface area (Å²) in [5, 5.41) is 3.34. The van der Waals surface area contributed by atoms with E-state index in [1.807, 2.05) is 24.3 Å². The van der Waals surface area contributed by atoms with Crippen LogP contribution in [-0.2, 0) is 4.79 Å². The zero-order valence-corrected chi connectivity index (χ0v) is 6.32. The molecule has 0 bridgehead atoms. The van der Waals surface area contributed by atoms with Crippen molar-refractivity contribution in [2.45, 2.75) is 0 Å². The number of nitrogens with one attached hydrogen (secondary N) is 1. The lowest BCUT2D eigenvalue weighted by atomic mass is 10.2. The van der Waals surface area contributed by atoms with E-state index in [2.05, 4.69) is 5.43 Å². The van der Waals surface area contributed by atoms with E-state index in [0.717, 1.165) is 10.4 Å². The summed E-state index contributed by atoms with van der Waals surface area (Å²) in [6.07, 6.45) is 5.19. The molecule has 2 rings (SSSR count). The van der Waals surface area contributed by atoms with Crippen LogP contribution in [0.4, 0.5) is 0 Å². The molecular weight excluding hydrogens is 152 g/mol. The molecule has 1 aliphatic rings. The normalized spacial score (nSPS) is 13.5. The fourth-order valence-corrected chi connectivity index (χ4v) is 1.13. The van der Waals surface area contributed by atoms with Gasteiger partial charge in [-0.1, -0.05) is 24.3 Å². The third-order valence-electron chi connectivity index (χ3n) is 1.72. The minimum Gasteiger partial charge on any atom is -0.298 e. The molecule has 3 nitrogen and oxygen atoms in total. The molecule has 1 N–H and O–H groups in total. The minimum atomic E-state index is 1.01. The van der Waals surface area contributed by atoms with Crippen LogP contribution in [0.25, 0.3) is 12.4 Å². The topological polar surface area (TPSA) is 32.3 Å². The first-order valence-corrected chi connectivity index (χ1v) is 3.60. The Balaban J connectivity index is 2.63. The zero-order chi connectivity index (χ0) is 8.39. The van der Waals surface area contributed by atoms with Gasteiger partial charge in [-0.05, 0) is 0 Å². The third-order valence-corrected chi connectivity index (χ3v) is 1.72. The van der Waals surface area contributed by atoms with Gasteiger partial charge in [-0.3, -0.25) is 10.2 Å². The highest BCUT2D eigenvalue weighted by Gasteiger charge is 1.98. The Kier molecular flexibility index (Phi) is 1.55. The van der Waals surface area contributed by atoms with Gasteiger partial charge in [0.25, 0.3) is 0 Å².